The molecule has 0 spiro atoms. The van der Waals surface area contributed by atoms with Crippen LogP contribution in [0.1, 0.15) is 23.3 Å². The Kier molecular flexibility index (Phi) is 6.02. The van der Waals surface area contributed by atoms with Crippen molar-refractivity contribution in [2.45, 2.75) is 18.9 Å². The number of aromatic nitrogens is 3. The van der Waals surface area contributed by atoms with E-state index >= 15 is 4.39 Å². The Labute approximate surface area is 187 Å². The van der Waals surface area contributed by atoms with Crippen LogP contribution in [0.5, 0.6) is 5.88 Å². The number of rotatable bonds is 4. The van der Waals surface area contributed by atoms with Gasteiger partial charge in [-0.2, -0.15) is 4.39 Å². The molecule has 1 atom stereocenters. The molecule has 0 unspecified atom stereocenters. The number of amides is 1. The summed E-state index contributed by atoms with van der Waals surface area (Å²) in [4.78, 5) is 25.5. The number of piperidine rings is 1. The fraction of sp³-hybridized carbons (Fsp3) is 0.273. The van der Waals surface area contributed by atoms with Gasteiger partial charge < -0.3 is 15.4 Å². The van der Waals surface area contributed by atoms with Gasteiger partial charge in [-0.3, -0.25) is 9.36 Å². The molecule has 1 aliphatic rings. The van der Waals surface area contributed by atoms with Crippen LogP contribution in [0.25, 0.3) is 21.9 Å². The lowest BCUT2D eigenvalue weighted by molar-refractivity contribution is 0.0698. The lowest BCUT2D eigenvalue weighted by atomic mass is 10.1. The highest BCUT2D eigenvalue weighted by molar-refractivity contribution is 5.93. The molecule has 1 saturated heterocycles. The largest absolute Gasteiger partial charge is 0.479 e. The summed E-state index contributed by atoms with van der Waals surface area (Å²) in [5.41, 5.74) is 5.21. The van der Waals surface area contributed by atoms with Crippen molar-refractivity contribution in [1.29, 1.82) is 0 Å². The monoisotopic (exact) mass is 456 g/mol. The summed E-state index contributed by atoms with van der Waals surface area (Å²) in [6.07, 6.45) is 2.56. The predicted octanol–water partition coefficient (Wildman–Crippen LogP) is 3.47. The highest BCUT2D eigenvalue weighted by Crippen LogP contribution is 2.31. The summed E-state index contributed by atoms with van der Waals surface area (Å²) in [7, 11) is 1.23. The van der Waals surface area contributed by atoms with Crippen molar-refractivity contribution in [3.05, 3.63) is 65.2 Å². The molecule has 1 aromatic carbocycles. The van der Waals surface area contributed by atoms with Gasteiger partial charge >= 0.3 is 0 Å². The number of nitrogens with two attached hydrogens (primary N) is 1. The number of carbonyl (C=O) groups is 1. The number of imidazole rings is 1. The zero-order chi connectivity index (χ0) is 23.7. The van der Waals surface area contributed by atoms with Crippen LogP contribution in [0, 0.1) is 24.2 Å². The average Bonchev–Trinajstić information content (AvgIpc) is 3.15. The van der Waals surface area contributed by atoms with Crippen molar-refractivity contribution in [1.82, 2.24) is 19.4 Å². The molecule has 2 N–H and O–H groups in total. The maximum Gasteiger partial charge on any atom is 0.277 e. The first-order valence-electron chi connectivity index (χ1n) is 10.0. The molecule has 0 saturated carbocycles. The van der Waals surface area contributed by atoms with Gasteiger partial charge in [0.15, 0.2) is 11.5 Å². The molecule has 4 rings (SSSR count). The van der Waals surface area contributed by atoms with Crippen molar-refractivity contribution in [2.75, 3.05) is 20.2 Å². The van der Waals surface area contributed by atoms with Gasteiger partial charge in [0.2, 0.25) is 17.5 Å². The number of carbonyl (C=O) groups excluding carboxylic acids is 1. The number of ether oxygens (including phenoxy) is 1. The maximum absolute atomic E-state index is 15.6. The summed E-state index contributed by atoms with van der Waals surface area (Å²) in [6, 6.07) is 4.32. The molecule has 1 aliphatic heterocycles. The summed E-state index contributed by atoms with van der Waals surface area (Å²) in [5, 5.41) is 0. The highest BCUT2D eigenvalue weighted by Gasteiger charge is 2.30. The van der Waals surface area contributed by atoms with Crippen molar-refractivity contribution in [2.24, 2.45) is 5.73 Å². The summed E-state index contributed by atoms with van der Waals surface area (Å²) >= 11 is 0. The van der Waals surface area contributed by atoms with Gasteiger partial charge in [0.05, 0.1) is 25.6 Å². The third-order valence-corrected chi connectivity index (χ3v) is 5.34. The van der Waals surface area contributed by atoms with E-state index in [1.807, 2.05) is 0 Å². The standard InChI is InChI=1S/C22H19F3N6O2/c1-27-17-6-5-12(8-15(17)23)20-29-18(22(32)30-7-3-4-13(26)11-30)19(25)31(20)14-9-16(24)21(33-2)28-10-14/h5-6,8-10,13H,3-4,7,11,26H2,2H3/t13-/m1/s1. The Morgan fingerprint density at radius 2 is 2.06 bits per heavy atom. The fourth-order valence-electron chi connectivity index (χ4n) is 3.73. The SMILES string of the molecule is [C-]#[N+]c1ccc(-c2nc(C(=O)N3CCC[C@@H](N)C3)c(F)n2-c2cnc(OC)c(F)c2)cc1F. The number of benzene rings is 1. The molecule has 33 heavy (non-hydrogen) atoms. The second-order valence-electron chi connectivity index (χ2n) is 7.53. The van der Waals surface area contributed by atoms with E-state index in [0.717, 1.165) is 29.3 Å². The minimum absolute atomic E-state index is 0.0858. The number of methoxy groups -OCH3 is 1. The van der Waals surface area contributed by atoms with Crippen molar-refractivity contribution >= 4 is 11.6 Å². The topological polar surface area (TPSA) is 90.6 Å². The molecule has 11 heteroatoms. The van der Waals surface area contributed by atoms with Crippen LogP contribution in [-0.2, 0) is 0 Å². The van der Waals surface area contributed by atoms with Crippen LogP contribution in [0.4, 0.5) is 18.9 Å². The number of pyridine rings is 1. The van der Waals surface area contributed by atoms with Gasteiger partial charge in [-0.1, -0.05) is 12.1 Å². The van der Waals surface area contributed by atoms with Crippen molar-refractivity contribution in [3.8, 4) is 23.0 Å². The van der Waals surface area contributed by atoms with Crippen LogP contribution >= 0.6 is 0 Å². The molecule has 8 nitrogen and oxygen atoms in total. The van der Waals surface area contributed by atoms with Gasteiger partial charge in [-0.05, 0) is 18.9 Å². The molecule has 3 heterocycles. The summed E-state index contributed by atoms with van der Waals surface area (Å²) < 4.78 is 49.9. The van der Waals surface area contributed by atoms with E-state index < -0.39 is 29.2 Å². The molecule has 0 radical (unpaired) electrons. The lowest BCUT2D eigenvalue weighted by Crippen LogP contribution is -2.46. The van der Waals surface area contributed by atoms with Gasteiger partial charge in [0.25, 0.3) is 5.91 Å². The van der Waals surface area contributed by atoms with Crippen molar-refractivity contribution in [3.63, 3.8) is 0 Å². The van der Waals surface area contributed by atoms with E-state index in [2.05, 4.69) is 14.8 Å². The van der Waals surface area contributed by atoms with E-state index in [4.69, 9.17) is 17.0 Å². The van der Waals surface area contributed by atoms with E-state index in [0.29, 0.717) is 13.0 Å². The minimum atomic E-state index is -1.06. The van der Waals surface area contributed by atoms with E-state index in [1.54, 1.807) is 0 Å². The average molecular weight is 456 g/mol. The Balaban J connectivity index is 1.88. The molecule has 3 aromatic rings. The molecule has 170 valence electrons. The second kappa shape index (κ2) is 8.91. The van der Waals surface area contributed by atoms with Gasteiger partial charge in [-0.15, -0.1) is 0 Å². The van der Waals surface area contributed by atoms with Crippen LogP contribution in [-0.4, -0.2) is 51.6 Å². The molecular weight excluding hydrogens is 437 g/mol. The number of hydrogen-bond donors (Lipinski definition) is 1. The van der Waals surface area contributed by atoms with E-state index in [-0.39, 0.29) is 41.2 Å². The Bertz CT molecular complexity index is 1270. The highest BCUT2D eigenvalue weighted by atomic mass is 19.1. The quantitative estimate of drug-likeness (QED) is 0.607. The van der Waals surface area contributed by atoms with E-state index in [9.17, 15) is 13.6 Å². The summed E-state index contributed by atoms with van der Waals surface area (Å²) in [5.74, 6) is -3.89. The third-order valence-electron chi connectivity index (χ3n) is 5.34. The normalized spacial score (nSPS) is 15.9. The number of hydrogen-bond acceptors (Lipinski definition) is 5. The molecule has 2 aromatic heterocycles. The fourth-order valence-corrected chi connectivity index (χ4v) is 3.73. The predicted molar refractivity (Wildman–Crippen MR) is 113 cm³/mol. The smallest absolute Gasteiger partial charge is 0.277 e. The van der Waals surface area contributed by atoms with Crippen LogP contribution in [0.2, 0.25) is 0 Å². The van der Waals surface area contributed by atoms with Crippen LogP contribution < -0.4 is 10.5 Å². The van der Waals surface area contributed by atoms with Crippen LogP contribution in [0.3, 0.4) is 0 Å². The van der Waals surface area contributed by atoms with Gasteiger partial charge in [0, 0.05) is 30.8 Å². The first kappa shape index (κ1) is 22.3. The van der Waals surface area contributed by atoms with Gasteiger partial charge in [0.1, 0.15) is 11.6 Å². The zero-order valence-electron chi connectivity index (χ0n) is 17.6. The zero-order valence-corrected chi connectivity index (χ0v) is 17.6. The first-order valence-corrected chi connectivity index (χ1v) is 10.0. The van der Waals surface area contributed by atoms with Crippen LogP contribution in [0.15, 0.2) is 30.5 Å². The number of halogens is 3. The lowest BCUT2D eigenvalue weighted by Gasteiger charge is -2.30. The molecule has 1 amide bonds. The Morgan fingerprint density at radius 3 is 2.70 bits per heavy atom. The maximum atomic E-state index is 15.6. The molecular formula is C22H19F3N6O2. The van der Waals surface area contributed by atoms with Gasteiger partial charge in [-0.25, -0.2) is 23.6 Å². The second-order valence-corrected chi connectivity index (χ2v) is 7.53. The molecule has 0 aliphatic carbocycles. The summed E-state index contributed by atoms with van der Waals surface area (Å²) in [6.45, 7) is 7.64. The Hall–Kier alpha value is -3.91. The van der Waals surface area contributed by atoms with E-state index in [1.165, 1.54) is 24.1 Å². The number of nitrogens with zero attached hydrogens (tertiary/aromatic N) is 5. The number of likely N-dealkylation sites (tertiary alicyclic amines) is 1. The Morgan fingerprint density at radius 1 is 1.27 bits per heavy atom. The molecule has 0 bridgehead atoms. The minimum Gasteiger partial charge on any atom is -0.479 e. The van der Waals surface area contributed by atoms with Crippen molar-refractivity contribution < 1.29 is 22.7 Å². The first-order chi connectivity index (χ1) is 15.8. The molecule has 1 fully saturated rings. The third kappa shape index (κ3) is 4.12.